The van der Waals surface area contributed by atoms with E-state index >= 15 is 0 Å². The monoisotopic (exact) mass is 312 g/mol. The van der Waals surface area contributed by atoms with E-state index in [1.807, 2.05) is 4.90 Å². The van der Waals surface area contributed by atoms with Gasteiger partial charge in [0.25, 0.3) is 0 Å². The lowest BCUT2D eigenvalue weighted by Gasteiger charge is -2.37. The highest BCUT2D eigenvalue weighted by Gasteiger charge is 2.27. The summed E-state index contributed by atoms with van der Waals surface area (Å²) in [5.41, 5.74) is 0. The fourth-order valence-corrected chi connectivity index (χ4v) is 3.06. The number of hydrogen-bond acceptors (Lipinski definition) is 4. The summed E-state index contributed by atoms with van der Waals surface area (Å²) in [6.07, 6.45) is 2.49. The Morgan fingerprint density at radius 1 is 1.05 bits per heavy atom. The molecule has 3 rings (SSSR count). The Morgan fingerprint density at radius 3 is 2.33 bits per heavy atom. The number of rotatable bonds is 3. The molecular weight excluding hydrogens is 288 g/mol. The predicted octanol–water partition coefficient (Wildman–Crippen LogP) is -0.500. The minimum Gasteiger partial charge on any atom is -0.378 e. The first-order valence-corrected chi connectivity index (χ1v) is 8.26. The summed E-state index contributed by atoms with van der Waals surface area (Å²) in [6, 6.07) is 0.610. The third-order valence-corrected chi connectivity index (χ3v) is 4.66. The minimum absolute atomic E-state index is 0.227. The third kappa shape index (κ3) is 4.28. The summed E-state index contributed by atoms with van der Waals surface area (Å²) in [5, 5.41) is 4.27. The van der Waals surface area contributed by atoms with Gasteiger partial charge in [0, 0.05) is 45.3 Å². The predicted molar refractivity (Wildman–Crippen MR) is 84.2 cm³/mol. The van der Waals surface area contributed by atoms with E-state index in [0.717, 1.165) is 44.4 Å². The summed E-state index contributed by atoms with van der Waals surface area (Å²) in [7, 11) is 0. The maximum Gasteiger partial charge on any atom is 0.236 e. The second-order valence-corrected chi connectivity index (χ2v) is 6.37. The van der Waals surface area contributed by atoms with E-state index in [-0.39, 0.29) is 5.91 Å². The average molecular weight is 312 g/mol. The second kappa shape index (κ2) is 6.89. The molecular formula is C14H24N4O2S. The average Bonchev–Trinajstić information content (AvgIpc) is 3.33. The molecule has 21 heavy (non-hydrogen) atoms. The van der Waals surface area contributed by atoms with Gasteiger partial charge in [-0.15, -0.1) is 0 Å². The van der Waals surface area contributed by atoms with Crippen LogP contribution >= 0.6 is 12.2 Å². The second-order valence-electron chi connectivity index (χ2n) is 5.98. The molecule has 2 heterocycles. The normalized spacial score (nSPS) is 24.0. The van der Waals surface area contributed by atoms with Gasteiger partial charge in [0.2, 0.25) is 5.91 Å². The van der Waals surface area contributed by atoms with Crippen LogP contribution in [0.5, 0.6) is 0 Å². The van der Waals surface area contributed by atoms with E-state index in [0.29, 0.717) is 25.8 Å². The summed E-state index contributed by atoms with van der Waals surface area (Å²) in [6.45, 7) is 6.95. The molecule has 1 amide bonds. The SMILES string of the molecule is O=C(CN1CCN(C(=S)NC2CC2)CC1)N1CCOCC1. The van der Waals surface area contributed by atoms with Crippen LogP contribution in [0, 0.1) is 0 Å². The topological polar surface area (TPSA) is 48.1 Å². The zero-order valence-corrected chi connectivity index (χ0v) is 13.2. The smallest absolute Gasteiger partial charge is 0.236 e. The van der Waals surface area contributed by atoms with Gasteiger partial charge in [-0.25, -0.2) is 0 Å². The van der Waals surface area contributed by atoms with Crippen molar-refractivity contribution < 1.29 is 9.53 Å². The van der Waals surface area contributed by atoms with Crippen LogP contribution in [-0.2, 0) is 9.53 Å². The van der Waals surface area contributed by atoms with E-state index in [2.05, 4.69) is 15.1 Å². The number of carbonyl (C=O) groups excluding carboxylic acids is 1. The molecule has 0 aromatic heterocycles. The van der Waals surface area contributed by atoms with E-state index in [1.54, 1.807) is 0 Å². The van der Waals surface area contributed by atoms with Gasteiger partial charge in [-0.3, -0.25) is 9.69 Å². The summed E-state index contributed by atoms with van der Waals surface area (Å²) < 4.78 is 5.28. The molecule has 118 valence electrons. The van der Waals surface area contributed by atoms with Crippen molar-refractivity contribution >= 4 is 23.2 Å². The molecule has 0 atom stereocenters. The Morgan fingerprint density at radius 2 is 1.71 bits per heavy atom. The van der Waals surface area contributed by atoms with Crippen LogP contribution in [0.25, 0.3) is 0 Å². The van der Waals surface area contributed by atoms with E-state index < -0.39 is 0 Å². The van der Waals surface area contributed by atoms with E-state index in [4.69, 9.17) is 17.0 Å². The van der Waals surface area contributed by atoms with Crippen LogP contribution < -0.4 is 5.32 Å². The summed E-state index contributed by atoms with van der Waals surface area (Å²) in [5.74, 6) is 0.227. The Labute approximate surface area is 131 Å². The number of morpholine rings is 1. The zero-order chi connectivity index (χ0) is 14.7. The molecule has 1 aliphatic carbocycles. The van der Waals surface area contributed by atoms with Gasteiger partial charge in [0.05, 0.1) is 19.8 Å². The van der Waals surface area contributed by atoms with Crippen molar-refractivity contribution in [3.8, 4) is 0 Å². The van der Waals surface area contributed by atoms with Gasteiger partial charge in [-0.2, -0.15) is 0 Å². The highest BCUT2D eigenvalue weighted by molar-refractivity contribution is 7.80. The number of carbonyl (C=O) groups is 1. The molecule has 0 radical (unpaired) electrons. The Hall–Kier alpha value is -0.920. The molecule has 3 fully saturated rings. The van der Waals surface area contributed by atoms with Crippen molar-refractivity contribution in [3.05, 3.63) is 0 Å². The molecule has 1 saturated carbocycles. The molecule has 3 aliphatic rings. The van der Waals surface area contributed by atoms with Crippen molar-refractivity contribution in [3.63, 3.8) is 0 Å². The Balaban J connectivity index is 1.38. The third-order valence-electron chi connectivity index (χ3n) is 4.29. The lowest BCUT2D eigenvalue weighted by atomic mass is 10.3. The Bertz CT molecular complexity index is 388. The number of ether oxygens (including phenoxy) is 1. The Kier molecular flexibility index (Phi) is 4.92. The largest absolute Gasteiger partial charge is 0.378 e. The molecule has 7 heteroatoms. The van der Waals surface area contributed by atoms with Crippen molar-refractivity contribution in [1.82, 2.24) is 20.0 Å². The maximum absolute atomic E-state index is 12.2. The molecule has 0 bridgehead atoms. The van der Waals surface area contributed by atoms with Gasteiger partial charge in [-0.05, 0) is 25.1 Å². The maximum atomic E-state index is 12.2. The number of hydrogen-bond donors (Lipinski definition) is 1. The molecule has 2 saturated heterocycles. The first-order valence-electron chi connectivity index (χ1n) is 7.86. The number of nitrogens with zero attached hydrogens (tertiary/aromatic N) is 3. The number of thiocarbonyl (C=S) groups is 1. The van der Waals surface area contributed by atoms with Gasteiger partial charge in [0.1, 0.15) is 0 Å². The van der Waals surface area contributed by atoms with Gasteiger partial charge in [0.15, 0.2) is 5.11 Å². The lowest BCUT2D eigenvalue weighted by Crippen LogP contribution is -2.54. The lowest BCUT2D eigenvalue weighted by molar-refractivity contribution is -0.136. The molecule has 0 aromatic carbocycles. The van der Waals surface area contributed by atoms with E-state index in [1.165, 1.54) is 12.8 Å². The highest BCUT2D eigenvalue weighted by atomic mass is 32.1. The van der Waals surface area contributed by atoms with E-state index in [9.17, 15) is 4.79 Å². The molecule has 0 spiro atoms. The van der Waals surface area contributed by atoms with Crippen LogP contribution in [0.15, 0.2) is 0 Å². The fraction of sp³-hybridized carbons (Fsp3) is 0.857. The fourth-order valence-electron chi connectivity index (χ4n) is 2.71. The number of nitrogens with one attached hydrogen (secondary N) is 1. The van der Waals surface area contributed by atoms with Crippen molar-refractivity contribution in [1.29, 1.82) is 0 Å². The van der Waals surface area contributed by atoms with Crippen LogP contribution in [0.1, 0.15) is 12.8 Å². The molecule has 0 aromatic rings. The zero-order valence-electron chi connectivity index (χ0n) is 12.4. The van der Waals surface area contributed by atoms with Crippen molar-refractivity contribution in [2.75, 3.05) is 59.0 Å². The minimum atomic E-state index is 0.227. The number of piperazine rings is 1. The molecule has 1 N–H and O–H groups in total. The van der Waals surface area contributed by atoms with Gasteiger partial charge >= 0.3 is 0 Å². The van der Waals surface area contributed by atoms with Gasteiger partial charge in [-0.1, -0.05) is 0 Å². The van der Waals surface area contributed by atoms with Crippen LogP contribution in [-0.4, -0.2) is 90.8 Å². The number of amides is 1. The van der Waals surface area contributed by atoms with Gasteiger partial charge < -0.3 is 19.9 Å². The summed E-state index contributed by atoms with van der Waals surface area (Å²) in [4.78, 5) is 18.6. The molecule has 0 unspecified atom stereocenters. The van der Waals surface area contributed by atoms with Crippen LogP contribution in [0.4, 0.5) is 0 Å². The van der Waals surface area contributed by atoms with Crippen LogP contribution in [0.3, 0.4) is 0 Å². The molecule has 6 nitrogen and oxygen atoms in total. The first-order chi connectivity index (χ1) is 10.2. The standard InChI is InChI=1S/C14H24N4O2S/c19-13(17-7-9-20-10-8-17)11-16-3-5-18(6-4-16)14(21)15-12-1-2-12/h12H,1-11H2,(H,15,21). The highest BCUT2D eigenvalue weighted by Crippen LogP contribution is 2.19. The molecule has 2 aliphatic heterocycles. The van der Waals surface area contributed by atoms with Crippen molar-refractivity contribution in [2.45, 2.75) is 18.9 Å². The van der Waals surface area contributed by atoms with Crippen LogP contribution in [0.2, 0.25) is 0 Å². The van der Waals surface area contributed by atoms with Crippen molar-refractivity contribution in [2.24, 2.45) is 0 Å². The summed E-state index contributed by atoms with van der Waals surface area (Å²) >= 11 is 5.43. The first kappa shape index (κ1) is 15.0. The quantitative estimate of drug-likeness (QED) is 0.709.